The highest BCUT2D eigenvalue weighted by atomic mass is 127. The molecule has 0 spiro atoms. The van der Waals surface area contributed by atoms with Crippen LogP contribution in [0.5, 0.6) is 0 Å². The van der Waals surface area contributed by atoms with Crippen LogP contribution in [0.4, 0.5) is 0 Å². The van der Waals surface area contributed by atoms with Crippen LogP contribution in [-0.4, -0.2) is 83.9 Å². The number of amides is 2. The van der Waals surface area contributed by atoms with Crippen molar-refractivity contribution in [2.24, 2.45) is 17.3 Å². The number of ether oxygens (including phenoxy) is 3. The van der Waals surface area contributed by atoms with Gasteiger partial charge in [-0.2, -0.15) is 5.06 Å². The molecule has 6 aliphatic rings. The van der Waals surface area contributed by atoms with E-state index in [9.17, 15) is 14.4 Å². The summed E-state index contributed by atoms with van der Waals surface area (Å²) in [5.41, 5.74) is -0.311. The SMILES string of the molecule is O=C(CCNC(=O)C12CC3OC(=O)C1N(Cc1ccc(I)cc1)OC2C1OC(C2CC2)(C2CC2)OC31)NCCO. The lowest BCUT2D eigenvalue weighted by atomic mass is 9.62. The second-order valence-electron chi connectivity index (χ2n) is 11.9. The second-order valence-corrected chi connectivity index (χ2v) is 13.1. The standard InChI is InChI=1S/C28H34IN3O8/c29-18-7-1-15(2-8-18)14-32-23-25(35)37-19-13-27(23,26(36)31-10-9-20(34)30-11-12-33)24(40-32)22-21(19)38-28(39-22,16-3-4-16)17-5-6-17/h1-2,7-8,16-17,19,21-24,33H,3-6,9-14H2,(H,30,34)(H,31,36). The lowest BCUT2D eigenvalue weighted by molar-refractivity contribution is -0.235. The average Bonchev–Trinajstić information content (AvgIpc) is 3.88. The number of nitrogens with zero attached hydrogens (tertiary/aromatic N) is 1. The van der Waals surface area contributed by atoms with Crippen molar-refractivity contribution < 1.29 is 38.5 Å². The molecule has 3 aliphatic heterocycles. The maximum atomic E-state index is 14.1. The van der Waals surface area contributed by atoms with Gasteiger partial charge in [-0.05, 0) is 66.0 Å². The van der Waals surface area contributed by atoms with Gasteiger partial charge in [0.15, 0.2) is 11.8 Å². The lowest BCUT2D eigenvalue weighted by Crippen LogP contribution is -2.69. The van der Waals surface area contributed by atoms with Gasteiger partial charge in [-0.15, -0.1) is 0 Å². The maximum Gasteiger partial charge on any atom is 0.327 e. The summed E-state index contributed by atoms with van der Waals surface area (Å²) in [5, 5.41) is 16.1. The first-order valence-corrected chi connectivity index (χ1v) is 15.3. The van der Waals surface area contributed by atoms with Crippen LogP contribution in [0, 0.1) is 20.8 Å². The Balaban J connectivity index is 1.20. The molecule has 11 nitrogen and oxygen atoms in total. The highest BCUT2D eigenvalue weighted by molar-refractivity contribution is 14.1. The van der Waals surface area contributed by atoms with E-state index >= 15 is 0 Å². The lowest BCUT2D eigenvalue weighted by Gasteiger charge is -2.48. The molecule has 3 saturated carbocycles. The predicted octanol–water partition coefficient (Wildman–Crippen LogP) is 1.01. The van der Waals surface area contributed by atoms with E-state index in [-0.39, 0.29) is 44.4 Å². The zero-order valence-electron chi connectivity index (χ0n) is 22.1. The normalized spacial score (nSPS) is 35.6. The molecule has 3 heterocycles. The first kappa shape index (κ1) is 27.0. The van der Waals surface area contributed by atoms with Gasteiger partial charge in [0.2, 0.25) is 11.8 Å². The van der Waals surface area contributed by atoms with Crippen LogP contribution in [0.15, 0.2) is 24.3 Å². The minimum absolute atomic E-state index is 0.0520. The fourth-order valence-corrected chi connectivity index (χ4v) is 7.53. The van der Waals surface area contributed by atoms with Gasteiger partial charge >= 0.3 is 5.97 Å². The number of esters is 1. The van der Waals surface area contributed by atoms with Crippen molar-refractivity contribution in [1.29, 1.82) is 0 Å². The number of carbonyl (C=O) groups is 3. The Hall–Kier alpha value is -1.84. The number of rotatable bonds is 10. The summed E-state index contributed by atoms with van der Waals surface area (Å²) in [6, 6.07) is 6.97. The van der Waals surface area contributed by atoms with Crippen molar-refractivity contribution in [3.05, 3.63) is 33.4 Å². The molecule has 1 aromatic carbocycles. The van der Waals surface area contributed by atoms with Crippen LogP contribution in [0.1, 0.15) is 44.1 Å². The number of aliphatic hydroxyl groups is 1. The predicted molar refractivity (Wildman–Crippen MR) is 146 cm³/mol. The molecule has 1 aromatic rings. The third kappa shape index (κ3) is 4.37. The topological polar surface area (TPSA) is 136 Å². The first-order valence-electron chi connectivity index (χ1n) is 14.3. The molecule has 2 bridgehead atoms. The second kappa shape index (κ2) is 10.2. The Bertz CT molecular complexity index is 1180. The van der Waals surface area contributed by atoms with Crippen LogP contribution in [0.25, 0.3) is 0 Å². The number of aliphatic hydroxyl groups excluding tert-OH is 1. The largest absolute Gasteiger partial charge is 0.458 e. The number of nitrogens with one attached hydrogen (secondary N) is 2. The maximum absolute atomic E-state index is 14.1. The third-order valence-corrected chi connectivity index (χ3v) is 9.95. The first-order chi connectivity index (χ1) is 19.4. The molecule has 216 valence electrons. The Morgan fingerprint density at radius 2 is 1.73 bits per heavy atom. The number of benzene rings is 1. The summed E-state index contributed by atoms with van der Waals surface area (Å²) < 4.78 is 20.7. The smallest absolute Gasteiger partial charge is 0.327 e. The zero-order chi connectivity index (χ0) is 27.6. The molecule has 7 rings (SSSR count). The monoisotopic (exact) mass is 667 g/mol. The fourth-order valence-electron chi connectivity index (χ4n) is 7.17. The van der Waals surface area contributed by atoms with Crippen molar-refractivity contribution in [3.63, 3.8) is 0 Å². The van der Waals surface area contributed by atoms with Crippen molar-refractivity contribution in [2.75, 3.05) is 19.7 Å². The molecular weight excluding hydrogens is 633 g/mol. The molecular formula is C28H34IN3O8. The number of carbonyl (C=O) groups excluding carboxylic acids is 3. The summed E-state index contributed by atoms with van der Waals surface area (Å²) in [4.78, 5) is 46.4. The van der Waals surface area contributed by atoms with Crippen LogP contribution in [-0.2, 0) is 40.0 Å². The molecule has 3 aliphatic carbocycles. The van der Waals surface area contributed by atoms with Gasteiger partial charge in [-0.3, -0.25) is 19.2 Å². The van der Waals surface area contributed by atoms with Crippen molar-refractivity contribution in [3.8, 4) is 0 Å². The number of hydrogen-bond acceptors (Lipinski definition) is 9. The van der Waals surface area contributed by atoms with E-state index in [1.165, 1.54) is 0 Å². The minimum atomic E-state index is -1.25. The molecule has 2 amide bonds. The van der Waals surface area contributed by atoms with Gasteiger partial charge in [0.05, 0.1) is 13.2 Å². The van der Waals surface area contributed by atoms with Crippen molar-refractivity contribution in [1.82, 2.24) is 15.7 Å². The van der Waals surface area contributed by atoms with Gasteiger partial charge in [-0.25, -0.2) is 0 Å². The van der Waals surface area contributed by atoms with Gasteiger partial charge in [0.1, 0.15) is 29.8 Å². The van der Waals surface area contributed by atoms with Crippen molar-refractivity contribution >= 4 is 40.4 Å². The Morgan fingerprint density at radius 1 is 1.02 bits per heavy atom. The van der Waals surface area contributed by atoms with Crippen LogP contribution < -0.4 is 10.6 Å². The molecule has 3 N–H and O–H groups in total. The third-order valence-electron chi connectivity index (χ3n) is 9.23. The van der Waals surface area contributed by atoms with Gasteiger partial charge < -0.3 is 30.0 Å². The molecule has 40 heavy (non-hydrogen) atoms. The van der Waals surface area contributed by atoms with E-state index < -0.39 is 47.6 Å². The fraction of sp³-hybridized carbons (Fsp3) is 0.679. The Kier molecular flexibility index (Phi) is 6.86. The van der Waals surface area contributed by atoms with Crippen molar-refractivity contribution in [2.45, 2.75) is 81.3 Å². The average molecular weight is 667 g/mol. The quantitative estimate of drug-likeness (QED) is 0.247. The highest BCUT2D eigenvalue weighted by Gasteiger charge is 2.78. The van der Waals surface area contributed by atoms with Crippen LogP contribution in [0.3, 0.4) is 0 Å². The van der Waals surface area contributed by atoms with E-state index in [4.69, 9.17) is 24.2 Å². The summed E-state index contributed by atoms with van der Waals surface area (Å²) in [7, 11) is 0. The van der Waals surface area contributed by atoms with E-state index in [0.29, 0.717) is 18.4 Å². The van der Waals surface area contributed by atoms with Gasteiger partial charge in [0, 0.05) is 41.3 Å². The summed E-state index contributed by atoms with van der Waals surface area (Å²) in [6.45, 7) is 0.383. The minimum Gasteiger partial charge on any atom is -0.458 e. The van der Waals surface area contributed by atoms with Gasteiger partial charge in [0.25, 0.3) is 0 Å². The zero-order valence-corrected chi connectivity index (χ0v) is 24.2. The van der Waals surface area contributed by atoms with Crippen LogP contribution in [0.2, 0.25) is 0 Å². The van der Waals surface area contributed by atoms with Gasteiger partial charge in [-0.1, -0.05) is 12.1 Å². The summed E-state index contributed by atoms with van der Waals surface area (Å²) in [5.74, 6) is -1.21. The summed E-state index contributed by atoms with van der Waals surface area (Å²) in [6.07, 6.45) is 2.05. The summed E-state index contributed by atoms with van der Waals surface area (Å²) >= 11 is 2.24. The number of hydrogen-bond donors (Lipinski definition) is 3. The molecule has 6 fully saturated rings. The highest BCUT2D eigenvalue weighted by Crippen LogP contribution is 2.63. The molecule has 0 radical (unpaired) electrons. The molecule has 6 unspecified atom stereocenters. The number of fused-ring (bicyclic) bond motifs is 4. The molecule has 12 heteroatoms. The van der Waals surface area contributed by atoms with E-state index in [1.807, 2.05) is 24.3 Å². The molecule has 6 atom stereocenters. The van der Waals surface area contributed by atoms with Crippen LogP contribution >= 0.6 is 22.6 Å². The Labute approximate surface area is 245 Å². The van der Waals surface area contributed by atoms with E-state index in [1.54, 1.807) is 5.06 Å². The Morgan fingerprint density at radius 3 is 2.40 bits per heavy atom. The van der Waals surface area contributed by atoms with E-state index in [2.05, 4.69) is 33.2 Å². The number of hydroxylamine groups is 2. The number of halogens is 1. The molecule has 3 saturated heterocycles. The van der Waals surface area contributed by atoms with E-state index in [0.717, 1.165) is 34.8 Å². The molecule has 0 aromatic heterocycles.